The Bertz CT molecular complexity index is 408. The fourth-order valence-electron chi connectivity index (χ4n) is 2.42. The molecule has 0 amide bonds. The molecule has 1 aliphatic rings. The van der Waals surface area contributed by atoms with Gasteiger partial charge in [0.05, 0.1) is 0 Å². The number of nitrogens with zero attached hydrogens (tertiary/aromatic N) is 2. The van der Waals surface area contributed by atoms with Crippen molar-refractivity contribution in [2.75, 3.05) is 12.0 Å². The van der Waals surface area contributed by atoms with Gasteiger partial charge in [0, 0.05) is 17.9 Å². The lowest BCUT2D eigenvalue weighted by Crippen LogP contribution is -2.17. The van der Waals surface area contributed by atoms with Gasteiger partial charge >= 0.3 is 0 Å². The number of rotatable bonds is 4. The number of fused-ring (bicyclic) bond motifs is 1. The van der Waals surface area contributed by atoms with Gasteiger partial charge in [-0.1, -0.05) is 6.42 Å². The number of hydrogen-bond acceptors (Lipinski definition) is 5. The summed E-state index contributed by atoms with van der Waals surface area (Å²) in [5.74, 6) is 7.08. The highest BCUT2D eigenvalue weighted by Gasteiger charge is 2.18. The molecule has 2 rings (SSSR count). The maximum Gasteiger partial charge on any atom is 0.159 e. The summed E-state index contributed by atoms with van der Waals surface area (Å²) in [6.07, 6.45) is 5.56. The number of nitrogens with two attached hydrogens (primary N) is 1. The smallest absolute Gasteiger partial charge is 0.159 e. The molecule has 1 unspecified atom stereocenters. The van der Waals surface area contributed by atoms with Crippen LogP contribution in [0.3, 0.4) is 0 Å². The summed E-state index contributed by atoms with van der Waals surface area (Å²) in [7, 11) is 0. The molecule has 18 heavy (non-hydrogen) atoms. The number of aromatic nitrogens is 2. The molecule has 1 aliphatic carbocycles. The Morgan fingerprint density at radius 3 is 2.78 bits per heavy atom. The van der Waals surface area contributed by atoms with Crippen molar-refractivity contribution in [3.63, 3.8) is 0 Å². The highest BCUT2D eigenvalue weighted by molar-refractivity contribution is 5.46. The maximum absolute atomic E-state index is 5.59. The molecule has 0 bridgehead atoms. The zero-order chi connectivity index (χ0) is 13.0. The van der Waals surface area contributed by atoms with Crippen LogP contribution in [0, 0.1) is 0 Å². The molecule has 1 aromatic rings. The SMILES string of the molecule is CCOC(C)c1nc2c(c(NN)n1)CCCCC2. The molecule has 0 aromatic carbocycles. The molecular weight excluding hydrogens is 228 g/mol. The number of aryl methyl sites for hydroxylation is 1. The average Bonchev–Trinajstić information content (AvgIpc) is 2.62. The first-order chi connectivity index (χ1) is 8.76. The predicted molar refractivity (Wildman–Crippen MR) is 71.1 cm³/mol. The van der Waals surface area contributed by atoms with E-state index in [1.165, 1.54) is 24.8 Å². The predicted octanol–water partition coefficient (Wildman–Crippen LogP) is 2.13. The van der Waals surface area contributed by atoms with Crippen LogP contribution < -0.4 is 11.3 Å². The molecule has 5 nitrogen and oxygen atoms in total. The van der Waals surface area contributed by atoms with Crippen molar-refractivity contribution >= 4 is 5.82 Å². The van der Waals surface area contributed by atoms with Gasteiger partial charge < -0.3 is 10.2 Å². The molecule has 0 spiro atoms. The topological polar surface area (TPSA) is 73.1 Å². The number of anilines is 1. The lowest BCUT2D eigenvalue weighted by Gasteiger charge is -2.16. The molecule has 0 radical (unpaired) electrons. The monoisotopic (exact) mass is 250 g/mol. The van der Waals surface area contributed by atoms with E-state index in [-0.39, 0.29) is 6.10 Å². The molecule has 0 fully saturated rings. The minimum absolute atomic E-state index is 0.0874. The molecule has 3 N–H and O–H groups in total. The maximum atomic E-state index is 5.59. The molecule has 1 aromatic heterocycles. The van der Waals surface area contributed by atoms with Crippen LogP contribution in [0.4, 0.5) is 5.82 Å². The Kier molecular flexibility index (Phi) is 4.49. The van der Waals surface area contributed by atoms with Crippen LogP contribution in [-0.2, 0) is 17.6 Å². The lowest BCUT2D eigenvalue weighted by molar-refractivity contribution is 0.0699. The van der Waals surface area contributed by atoms with Crippen LogP contribution in [0.15, 0.2) is 0 Å². The summed E-state index contributed by atoms with van der Waals surface area (Å²) in [6.45, 7) is 4.61. The summed E-state index contributed by atoms with van der Waals surface area (Å²) in [5.41, 5.74) is 5.03. The van der Waals surface area contributed by atoms with Gasteiger partial charge in [0.2, 0.25) is 0 Å². The Morgan fingerprint density at radius 1 is 1.28 bits per heavy atom. The molecule has 1 heterocycles. The molecule has 1 atom stereocenters. The highest BCUT2D eigenvalue weighted by Crippen LogP contribution is 2.26. The Morgan fingerprint density at radius 2 is 2.06 bits per heavy atom. The molecule has 100 valence electrons. The minimum Gasteiger partial charge on any atom is -0.371 e. The molecular formula is C13H22N4O. The van der Waals surface area contributed by atoms with Crippen LogP contribution >= 0.6 is 0 Å². The molecule has 0 saturated carbocycles. The van der Waals surface area contributed by atoms with Crippen LogP contribution in [0.2, 0.25) is 0 Å². The van der Waals surface area contributed by atoms with Crippen molar-refractivity contribution in [1.29, 1.82) is 0 Å². The van der Waals surface area contributed by atoms with Gasteiger partial charge in [-0.15, -0.1) is 0 Å². The van der Waals surface area contributed by atoms with Crippen LogP contribution in [0.25, 0.3) is 0 Å². The van der Waals surface area contributed by atoms with Crippen LogP contribution in [0.5, 0.6) is 0 Å². The van der Waals surface area contributed by atoms with E-state index < -0.39 is 0 Å². The second kappa shape index (κ2) is 6.11. The van der Waals surface area contributed by atoms with Crippen molar-refractivity contribution in [3.8, 4) is 0 Å². The van der Waals surface area contributed by atoms with Gasteiger partial charge in [0.15, 0.2) is 5.82 Å². The molecule has 5 heteroatoms. The number of hydrogen-bond donors (Lipinski definition) is 2. The molecule has 0 saturated heterocycles. The normalized spacial score (nSPS) is 16.8. The average molecular weight is 250 g/mol. The third-order valence-corrected chi connectivity index (χ3v) is 3.37. The van der Waals surface area contributed by atoms with Gasteiger partial charge in [-0.3, -0.25) is 0 Å². The van der Waals surface area contributed by atoms with E-state index in [2.05, 4.69) is 15.4 Å². The van der Waals surface area contributed by atoms with Crippen molar-refractivity contribution < 1.29 is 4.74 Å². The minimum atomic E-state index is -0.0874. The number of nitrogens with one attached hydrogen (secondary N) is 1. The van der Waals surface area contributed by atoms with Crippen molar-refractivity contribution in [1.82, 2.24) is 9.97 Å². The van der Waals surface area contributed by atoms with E-state index in [0.29, 0.717) is 6.61 Å². The summed E-state index contributed by atoms with van der Waals surface area (Å²) < 4.78 is 5.56. The first kappa shape index (κ1) is 13.2. The van der Waals surface area contributed by atoms with E-state index in [4.69, 9.17) is 10.6 Å². The second-order valence-electron chi connectivity index (χ2n) is 4.66. The first-order valence-electron chi connectivity index (χ1n) is 6.74. The lowest BCUT2D eigenvalue weighted by atomic mass is 10.1. The first-order valence-corrected chi connectivity index (χ1v) is 6.74. The fourth-order valence-corrected chi connectivity index (χ4v) is 2.42. The quantitative estimate of drug-likeness (QED) is 0.486. The van der Waals surface area contributed by atoms with E-state index in [1.807, 2.05) is 13.8 Å². The standard InChI is InChI=1S/C13H22N4O/c1-3-18-9(2)12-15-11-8-6-4-5-7-10(11)13(16-12)17-14/h9H,3-8,14H2,1-2H3,(H,15,16,17). The zero-order valence-corrected chi connectivity index (χ0v) is 11.2. The molecule has 0 aliphatic heterocycles. The van der Waals surface area contributed by atoms with Gasteiger partial charge in [-0.2, -0.15) is 0 Å². The van der Waals surface area contributed by atoms with E-state index >= 15 is 0 Å². The van der Waals surface area contributed by atoms with Crippen molar-refractivity contribution in [2.24, 2.45) is 5.84 Å². The van der Waals surface area contributed by atoms with E-state index in [1.54, 1.807) is 0 Å². The fraction of sp³-hybridized carbons (Fsp3) is 0.692. The summed E-state index contributed by atoms with van der Waals surface area (Å²) in [6, 6.07) is 0. The Hall–Kier alpha value is -1.20. The summed E-state index contributed by atoms with van der Waals surface area (Å²) in [5, 5.41) is 0. The third-order valence-electron chi connectivity index (χ3n) is 3.37. The Labute approximate surface area is 108 Å². The largest absolute Gasteiger partial charge is 0.371 e. The summed E-state index contributed by atoms with van der Waals surface area (Å²) >= 11 is 0. The van der Waals surface area contributed by atoms with Crippen LogP contribution in [-0.4, -0.2) is 16.6 Å². The van der Waals surface area contributed by atoms with E-state index in [0.717, 1.165) is 30.2 Å². The van der Waals surface area contributed by atoms with Crippen molar-refractivity contribution in [2.45, 2.75) is 52.1 Å². The van der Waals surface area contributed by atoms with Gasteiger partial charge in [-0.25, -0.2) is 15.8 Å². The van der Waals surface area contributed by atoms with Crippen LogP contribution in [0.1, 0.15) is 56.3 Å². The highest BCUT2D eigenvalue weighted by atomic mass is 16.5. The second-order valence-corrected chi connectivity index (χ2v) is 4.66. The van der Waals surface area contributed by atoms with Gasteiger partial charge in [0.25, 0.3) is 0 Å². The number of ether oxygens (including phenoxy) is 1. The zero-order valence-electron chi connectivity index (χ0n) is 11.2. The third kappa shape index (κ3) is 2.79. The number of hydrazine groups is 1. The van der Waals surface area contributed by atoms with Gasteiger partial charge in [-0.05, 0) is 39.5 Å². The Balaban J connectivity index is 2.36. The van der Waals surface area contributed by atoms with Crippen molar-refractivity contribution in [3.05, 3.63) is 17.1 Å². The van der Waals surface area contributed by atoms with Gasteiger partial charge in [0.1, 0.15) is 11.9 Å². The summed E-state index contributed by atoms with van der Waals surface area (Å²) in [4.78, 5) is 9.16. The number of nitrogen functional groups attached to an aromatic ring is 1. The van der Waals surface area contributed by atoms with E-state index in [9.17, 15) is 0 Å².